The summed E-state index contributed by atoms with van der Waals surface area (Å²) in [6, 6.07) is 15.3. The van der Waals surface area contributed by atoms with Gasteiger partial charge < -0.3 is 23.5 Å². The fraction of sp³-hybridized carbons (Fsp3) is 0.333. The van der Waals surface area contributed by atoms with Gasteiger partial charge in [0.1, 0.15) is 18.1 Å². The highest BCUT2D eigenvalue weighted by Gasteiger charge is 2.27. The summed E-state index contributed by atoms with van der Waals surface area (Å²) in [7, 11) is 1.94. The maximum Gasteiger partial charge on any atom is 0.192 e. The van der Waals surface area contributed by atoms with Crippen molar-refractivity contribution in [2.45, 2.75) is 18.2 Å². The van der Waals surface area contributed by atoms with E-state index in [0.717, 1.165) is 39.7 Å². The maximum absolute atomic E-state index is 6.03. The summed E-state index contributed by atoms with van der Waals surface area (Å²) in [6.07, 6.45) is -0.281. The molecule has 0 unspecified atom stereocenters. The highest BCUT2D eigenvalue weighted by Crippen LogP contribution is 2.35. The number of rotatable bonds is 8. The zero-order valence-corrected chi connectivity index (χ0v) is 17.2. The minimum Gasteiger partial charge on any atom is -0.494 e. The second kappa shape index (κ2) is 9.09. The molecule has 7 nitrogen and oxygen atoms in total. The van der Waals surface area contributed by atoms with Gasteiger partial charge in [-0.3, -0.25) is 0 Å². The van der Waals surface area contributed by atoms with Crippen LogP contribution in [0.25, 0.3) is 0 Å². The zero-order valence-electron chi connectivity index (χ0n) is 16.4. The smallest absolute Gasteiger partial charge is 0.192 e. The lowest BCUT2D eigenvalue weighted by Crippen LogP contribution is -2.24. The Morgan fingerprint density at radius 2 is 1.76 bits per heavy atom. The Kier molecular flexibility index (Phi) is 6.09. The Bertz CT molecular complexity index is 945. The van der Waals surface area contributed by atoms with Gasteiger partial charge in [0, 0.05) is 12.8 Å². The number of hydrogen-bond acceptors (Lipinski definition) is 7. The zero-order chi connectivity index (χ0) is 20.1. The highest BCUT2D eigenvalue weighted by atomic mass is 32.2. The average Bonchev–Trinajstić information content (AvgIpc) is 3.12. The maximum atomic E-state index is 6.03. The molecule has 8 heteroatoms. The summed E-state index contributed by atoms with van der Waals surface area (Å²) < 4.78 is 25.0. The summed E-state index contributed by atoms with van der Waals surface area (Å²) in [6.45, 7) is 3.60. The molecule has 2 heterocycles. The molecule has 0 aliphatic carbocycles. The quantitative estimate of drug-likeness (QED) is 0.410. The van der Waals surface area contributed by atoms with E-state index in [1.165, 1.54) is 0 Å². The van der Waals surface area contributed by atoms with Gasteiger partial charge in [0.25, 0.3) is 0 Å². The van der Waals surface area contributed by atoms with Crippen LogP contribution in [0.15, 0.2) is 53.7 Å². The molecule has 1 aromatic heterocycles. The number of fused-ring (bicyclic) bond motifs is 1. The second-order valence-corrected chi connectivity index (χ2v) is 7.43. The van der Waals surface area contributed by atoms with Crippen molar-refractivity contribution >= 4 is 11.8 Å². The lowest BCUT2D eigenvalue weighted by atomic mass is 10.2. The molecule has 0 bridgehead atoms. The van der Waals surface area contributed by atoms with E-state index in [9.17, 15) is 0 Å². The molecule has 2 aromatic carbocycles. The first-order valence-electron chi connectivity index (χ1n) is 9.51. The van der Waals surface area contributed by atoms with Gasteiger partial charge >= 0.3 is 0 Å². The Morgan fingerprint density at radius 3 is 2.52 bits per heavy atom. The van der Waals surface area contributed by atoms with Crippen LogP contribution >= 0.6 is 11.8 Å². The predicted octanol–water partition coefficient (Wildman–Crippen LogP) is 3.90. The molecule has 0 N–H and O–H groups in total. The number of hydrogen-bond donors (Lipinski definition) is 0. The monoisotopic (exact) mass is 413 g/mol. The molecule has 4 rings (SSSR count). The van der Waals surface area contributed by atoms with E-state index in [-0.39, 0.29) is 6.10 Å². The molecule has 1 aliphatic heterocycles. The van der Waals surface area contributed by atoms with E-state index in [2.05, 4.69) is 10.2 Å². The van der Waals surface area contributed by atoms with Gasteiger partial charge in [-0.05, 0) is 43.3 Å². The Hall–Kier alpha value is -2.87. The third-order valence-electron chi connectivity index (χ3n) is 4.38. The minimum absolute atomic E-state index is 0.281. The van der Waals surface area contributed by atoms with E-state index >= 15 is 0 Å². The molecule has 0 radical (unpaired) electrons. The number of nitrogens with zero attached hydrogens (tertiary/aromatic N) is 3. The molecule has 29 heavy (non-hydrogen) atoms. The molecule has 0 saturated carbocycles. The molecule has 1 atom stereocenters. The number of ether oxygens (including phenoxy) is 4. The number of benzene rings is 2. The van der Waals surface area contributed by atoms with Crippen LogP contribution in [0.2, 0.25) is 0 Å². The van der Waals surface area contributed by atoms with Crippen molar-refractivity contribution in [2.24, 2.45) is 7.05 Å². The molecule has 3 aromatic rings. The molecule has 0 fully saturated rings. The van der Waals surface area contributed by atoms with E-state index in [1.54, 1.807) is 11.8 Å². The Balaban J connectivity index is 1.29. The summed E-state index contributed by atoms with van der Waals surface area (Å²) in [5.41, 5.74) is 0. The normalized spacial score (nSPS) is 15.2. The number of thioether (sulfide) groups is 1. The van der Waals surface area contributed by atoms with Crippen LogP contribution in [-0.4, -0.2) is 40.3 Å². The van der Waals surface area contributed by atoms with Crippen molar-refractivity contribution in [3.05, 3.63) is 54.4 Å². The van der Waals surface area contributed by atoms with E-state index in [4.69, 9.17) is 18.9 Å². The first-order valence-corrected chi connectivity index (χ1v) is 10.5. The van der Waals surface area contributed by atoms with Gasteiger partial charge in [0.2, 0.25) is 0 Å². The molecule has 0 spiro atoms. The largest absolute Gasteiger partial charge is 0.494 e. The fourth-order valence-corrected chi connectivity index (χ4v) is 3.71. The summed E-state index contributed by atoms with van der Waals surface area (Å²) in [5, 5.41) is 9.42. The summed E-state index contributed by atoms with van der Waals surface area (Å²) >= 11 is 1.59. The topological polar surface area (TPSA) is 67.6 Å². The van der Waals surface area contributed by atoms with E-state index in [0.29, 0.717) is 19.8 Å². The van der Waals surface area contributed by atoms with Crippen LogP contribution in [0.3, 0.4) is 0 Å². The van der Waals surface area contributed by atoms with Crippen LogP contribution in [0, 0.1) is 0 Å². The number of aromatic nitrogens is 3. The third-order valence-corrected chi connectivity index (χ3v) is 5.37. The SMILES string of the molecule is CCOc1ccc(OCCSc2nnc([C@H]3COc4ccccc4O3)n2C)cc1. The van der Waals surface area contributed by atoms with E-state index < -0.39 is 0 Å². The van der Waals surface area contributed by atoms with Crippen LogP contribution in [0.4, 0.5) is 0 Å². The molecule has 0 amide bonds. The standard InChI is InChI=1S/C21H23N3O4S/c1-3-25-15-8-10-16(11-9-15)26-12-13-29-21-23-22-20(24(21)2)19-14-27-17-6-4-5-7-18(17)28-19/h4-11,19H,3,12-14H2,1-2H3/t19-/m1/s1. The summed E-state index contributed by atoms with van der Waals surface area (Å²) in [4.78, 5) is 0. The fourth-order valence-electron chi connectivity index (χ4n) is 2.97. The predicted molar refractivity (Wildman–Crippen MR) is 110 cm³/mol. The van der Waals surface area contributed by atoms with Crippen molar-refractivity contribution in [3.63, 3.8) is 0 Å². The van der Waals surface area contributed by atoms with Crippen LogP contribution < -0.4 is 18.9 Å². The second-order valence-electron chi connectivity index (χ2n) is 6.37. The van der Waals surface area contributed by atoms with Crippen LogP contribution in [-0.2, 0) is 7.05 Å². The van der Waals surface area contributed by atoms with E-state index in [1.807, 2.05) is 67.1 Å². The molecule has 0 saturated heterocycles. The average molecular weight is 413 g/mol. The highest BCUT2D eigenvalue weighted by molar-refractivity contribution is 7.99. The lowest BCUT2D eigenvalue weighted by Gasteiger charge is -2.25. The lowest BCUT2D eigenvalue weighted by molar-refractivity contribution is 0.0825. The Labute approximate surface area is 173 Å². The van der Waals surface area contributed by atoms with Crippen molar-refractivity contribution in [1.29, 1.82) is 0 Å². The molecule has 1 aliphatic rings. The van der Waals surface area contributed by atoms with Crippen LogP contribution in [0.5, 0.6) is 23.0 Å². The van der Waals surface area contributed by atoms with Crippen LogP contribution in [0.1, 0.15) is 18.9 Å². The third kappa shape index (κ3) is 4.59. The number of para-hydroxylation sites is 2. The van der Waals surface area contributed by atoms with Crippen molar-refractivity contribution < 1.29 is 18.9 Å². The van der Waals surface area contributed by atoms with Gasteiger partial charge in [0.05, 0.1) is 13.2 Å². The van der Waals surface area contributed by atoms with Gasteiger partial charge in [-0.15, -0.1) is 10.2 Å². The summed E-state index contributed by atoms with van der Waals surface area (Å²) in [5.74, 6) is 4.65. The van der Waals surface area contributed by atoms with Gasteiger partial charge in [0.15, 0.2) is 28.6 Å². The molecular weight excluding hydrogens is 390 g/mol. The van der Waals surface area contributed by atoms with Gasteiger partial charge in [-0.25, -0.2) is 0 Å². The van der Waals surface area contributed by atoms with Crippen molar-refractivity contribution in [2.75, 3.05) is 25.6 Å². The molecular formula is C21H23N3O4S. The molecule has 152 valence electrons. The first-order chi connectivity index (χ1) is 14.2. The van der Waals surface area contributed by atoms with Crippen molar-refractivity contribution in [1.82, 2.24) is 14.8 Å². The first kappa shape index (κ1) is 19.4. The minimum atomic E-state index is -0.281. The van der Waals surface area contributed by atoms with Gasteiger partial charge in [-0.1, -0.05) is 23.9 Å². The van der Waals surface area contributed by atoms with Crippen molar-refractivity contribution in [3.8, 4) is 23.0 Å². The van der Waals surface area contributed by atoms with Gasteiger partial charge in [-0.2, -0.15) is 0 Å². The Morgan fingerprint density at radius 1 is 1.03 bits per heavy atom.